The Balaban J connectivity index is 1.52. The van der Waals surface area contributed by atoms with Crippen LogP contribution in [0.25, 0.3) is 11.3 Å². The second kappa shape index (κ2) is 7.72. The van der Waals surface area contributed by atoms with Crippen molar-refractivity contribution in [1.82, 2.24) is 15.0 Å². The number of fused-ring (bicyclic) bond motifs is 1. The molecule has 1 N–H and O–H groups in total. The van der Waals surface area contributed by atoms with Crippen molar-refractivity contribution in [3.63, 3.8) is 0 Å². The summed E-state index contributed by atoms with van der Waals surface area (Å²) < 4.78 is 0. The molecule has 2 aromatic heterocycles. The van der Waals surface area contributed by atoms with Gasteiger partial charge in [-0.2, -0.15) is 4.98 Å². The number of hydrogen-bond acceptors (Lipinski definition) is 5. The Morgan fingerprint density at radius 1 is 0.862 bits per heavy atom. The first-order valence-electron chi connectivity index (χ1n) is 9.79. The second-order valence-corrected chi connectivity index (χ2v) is 7.04. The van der Waals surface area contributed by atoms with E-state index in [-0.39, 0.29) is 0 Å². The number of rotatable bonds is 5. The largest absolute Gasteiger partial charge is 0.350 e. The van der Waals surface area contributed by atoms with Gasteiger partial charge < -0.3 is 10.2 Å². The molecule has 0 atom stereocenters. The average Bonchev–Trinajstić information content (AvgIpc) is 3.23. The van der Waals surface area contributed by atoms with Gasteiger partial charge in [0.1, 0.15) is 5.82 Å². The molecule has 1 aliphatic rings. The summed E-state index contributed by atoms with van der Waals surface area (Å²) in [5.74, 6) is 1.54. The number of para-hydroxylation sites is 1. The Bertz CT molecular complexity index is 1110. The van der Waals surface area contributed by atoms with E-state index in [1.54, 1.807) is 12.4 Å². The van der Waals surface area contributed by atoms with Crippen molar-refractivity contribution in [2.45, 2.75) is 13.0 Å². The monoisotopic (exact) mass is 379 g/mol. The van der Waals surface area contributed by atoms with Crippen LogP contribution in [0.2, 0.25) is 0 Å². The van der Waals surface area contributed by atoms with Crippen LogP contribution in [0.4, 0.5) is 17.5 Å². The van der Waals surface area contributed by atoms with Crippen molar-refractivity contribution < 1.29 is 0 Å². The van der Waals surface area contributed by atoms with Gasteiger partial charge in [-0.3, -0.25) is 4.98 Å². The fraction of sp³-hybridized carbons (Fsp3) is 0.125. The highest BCUT2D eigenvalue weighted by atomic mass is 15.2. The van der Waals surface area contributed by atoms with Crippen LogP contribution in [0.1, 0.15) is 11.1 Å². The van der Waals surface area contributed by atoms with Crippen LogP contribution in [-0.4, -0.2) is 21.5 Å². The molecule has 0 amide bonds. The van der Waals surface area contributed by atoms with Crippen molar-refractivity contribution >= 4 is 17.5 Å². The average molecular weight is 379 g/mol. The Kier molecular flexibility index (Phi) is 4.62. The SMILES string of the molecule is c1ccc(-c2cc(N3CCc4ccccc43)nc(NCc3ccncc3)n2)cc1. The van der Waals surface area contributed by atoms with Gasteiger partial charge in [-0.1, -0.05) is 48.5 Å². The van der Waals surface area contributed by atoms with E-state index < -0.39 is 0 Å². The summed E-state index contributed by atoms with van der Waals surface area (Å²) in [7, 11) is 0. The highest BCUT2D eigenvalue weighted by molar-refractivity contribution is 5.72. The maximum Gasteiger partial charge on any atom is 0.225 e. The minimum atomic E-state index is 0.627. The number of benzene rings is 2. The lowest BCUT2D eigenvalue weighted by Crippen LogP contribution is -2.16. The summed E-state index contributed by atoms with van der Waals surface area (Å²) in [5, 5.41) is 3.38. The van der Waals surface area contributed by atoms with Crippen LogP contribution in [0, 0.1) is 0 Å². The number of hydrogen-bond donors (Lipinski definition) is 1. The minimum absolute atomic E-state index is 0.627. The zero-order valence-electron chi connectivity index (χ0n) is 16.0. The maximum absolute atomic E-state index is 4.84. The molecular weight excluding hydrogens is 358 g/mol. The molecule has 0 saturated carbocycles. The van der Waals surface area contributed by atoms with E-state index in [4.69, 9.17) is 9.97 Å². The third-order valence-corrected chi connectivity index (χ3v) is 5.15. The van der Waals surface area contributed by atoms with Crippen LogP contribution in [0.5, 0.6) is 0 Å². The Morgan fingerprint density at radius 2 is 1.66 bits per heavy atom. The predicted molar refractivity (Wildman–Crippen MR) is 116 cm³/mol. The van der Waals surface area contributed by atoms with E-state index in [1.807, 2.05) is 30.3 Å². The standard InChI is InChI=1S/C24H21N5/c1-2-6-19(7-3-1)21-16-23(29-15-12-20-8-4-5-9-22(20)29)28-24(27-21)26-17-18-10-13-25-14-11-18/h1-11,13-14,16H,12,15,17H2,(H,26,27,28). The third-order valence-electron chi connectivity index (χ3n) is 5.15. The highest BCUT2D eigenvalue weighted by Gasteiger charge is 2.22. The molecule has 4 aromatic rings. The van der Waals surface area contributed by atoms with Crippen LogP contribution in [0.15, 0.2) is 85.2 Å². The lowest BCUT2D eigenvalue weighted by Gasteiger charge is -2.20. The molecule has 29 heavy (non-hydrogen) atoms. The Labute approximate surface area is 170 Å². The summed E-state index contributed by atoms with van der Waals surface area (Å²) in [5.41, 5.74) is 5.72. The van der Waals surface area contributed by atoms with E-state index in [0.717, 1.165) is 35.6 Å². The normalized spacial score (nSPS) is 12.6. The Hall–Kier alpha value is -3.73. The molecule has 142 valence electrons. The molecule has 1 aliphatic heterocycles. The number of nitrogens with zero attached hydrogens (tertiary/aromatic N) is 4. The number of aromatic nitrogens is 3. The molecular formula is C24H21N5. The molecule has 5 rings (SSSR count). The van der Waals surface area contributed by atoms with Gasteiger partial charge in [-0.05, 0) is 35.7 Å². The van der Waals surface area contributed by atoms with E-state index in [0.29, 0.717) is 12.5 Å². The van der Waals surface area contributed by atoms with Gasteiger partial charge in [-0.25, -0.2) is 4.98 Å². The fourth-order valence-electron chi connectivity index (χ4n) is 3.67. The molecule has 5 heteroatoms. The number of anilines is 3. The smallest absolute Gasteiger partial charge is 0.225 e. The van der Waals surface area contributed by atoms with Gasteiger partial charge in [0.25, 0.3) is 0 Å². The van der Waals surface area contributed by atoms with E-state index in [2.05, 4.69) is 57.7 Å². The summed E-state index contributed by atoms with van der Waals surface area (Å²) in [4.78, 5) is 16.0. The van der Waals surface area contributed by atoms with E-state index in [1.165, 1.54) is 11.3 Å². The van der Waals surface area contributed by atoms with Gasteiger partial charge in [0.15, 0.2) is 0 Å². The minimum Gasteiger partial charge on any atom is -0.350 e. The lowest BCUT2D eigenvalue weighted by atomic mass is 10.1. The van der Waals surface area contributed by atoms with Crippen molar-refractivity contribution in [3.05, 3.63) is 96.3 Å². The van der Waals surface area contributed by atoms with Crippen molar-refractivity contribution in [1.29, 1.82) is 0 Å². The molecule has 0 bridgehead atoms. The van der Waals surface area contributed by atoms with Crippen molar-refractivity contribution in [2.75, 3.05) is 16.8 Å². The summed E-state index contributed by atoms with van der Waals surface area (Å²) in [6.07, 6.45) is 4.62. The molecule has 0 radical (unpaired) electrons. The maximum atomic E-state index is 4.84. The van der Waals surface area contributed by atoms with Gasteiger partial charge in [-0.15, -0.1) is 0 Å². The molecule has 0 saturated heterocycles. The predicted octanol–water partition coefficient (Wildman–Crippen LogP) is 4.84. The molecule has 0 fully saturated rings. The summed E-state index contributed by atoms with van der Waals surface area (Å²) in [6, 6.07) is 24.8. The van der Waals surface area contributed by atoms with Crippen LogP contribution in [0.3, 0.4) is 0 Å². The molecule has 0 unspecified atom stereocenters. The number of nitrogens with one attached hydrogen (secondary N) is 1. The molecule has 0 spiro atoms. The molecule has 2 aromatic carbocycles. The molecule has 5 nitrogen and oxygen atoms in total. The van der Waals surface area contributed by atoms with Gasteiger partial charge in [0, 0.05) is 42.8 Å². The molecule has 3 heterocycles. The van der Waals surface area contributed by atoms with Crippen molar-refractivity contribution in [3.8, 4) is 11.3 Å². The zero-order chi connectivity index (χ0) is 19.5. The van der Waals surface area contributed by atoms with Crippen LogP contribution in [-0.2, 0) is 13.0 Å². The van der Waals surface area contributed by atoms with E-state index >= 15 is 0 Å². The highest BCUT2D eigenvalue weighted by Crippen LogP contribution is 2.35. The second-order valence-electron chi connectivity index (χ2n) is 7.04. The zero-order valence-corrected chi connectivity index (χ0v) is 16.0. The fourth-order valence-corrected chi connectivity index (χ4v) is 3.67. The lowest BCUT2D eigenvalue weighted by molar-refractivity contribution is 0.958. The van der Waals surface area contributed by atoms with Crippen LogP contribution < -0.4 is 10.2 Å². The van der Waals surface area contributed by atoms with E-state index in [9.17, 15) is 0 Å². The summed E-state index contributed by atoms with van der Waals surface area (Å²) in [6.45, 7) is 1.57. The number of pyridine rings is 1. The first-order chi connectivity index (χ1) is 14.4. The van der Waals surface area contributed by atoms with Gasteiger partial charge in [0.2, 0.25) is 5.95 Å². The Morgan fingerprint density at radius 3 is 2.52 bits per heavy atom. The quantitative estimate of drug-likeness (QED) is 0.537. The van der Waals surface area contributed by atoms with Crippen molar-refractivity contribution in [2.24, 2.45) is 0 Å². The molecule has 0 aliphatic carbocycles. The first kappa shape index (κ1) is 17.4. The van der Waals surface area contributed by atoms with Gasteiger partial charge >= 0.3 is 0 Å². The summed E-state index contributed by atoms with van der Waals surface area (Å²) >= 11 is 0. The van der Waals surface area contributed by atoms with Crippen LogP contribution >= 0.6 is 0 Å². The topological polar surface area (TPSA) is 53.9 Å². The third kappa shape index (κ3) is 3.67. The van der Waals surface area contributed by atoms with Gasteiger partial charge in [0.05, 0.1) is 5.69 Å². The first-order valence-corrected chi connectivity index (χ1v) is 9.79.